The Morgan fingerprint density at radius 1 is 1.30 bits per heavy atom. The van der Waals surface area contributed by atoms with Gasteiger partial charge < -0.3 is 4.90 Å². The van der Waals surface area contributed by atoms with Crippen molar-refractivity contribution < 1.29 is 18.0 Å². The van der Waals surface area contributed by atoms with Crippen molar-refractivity contribution in [1.82, 2.24) is 14.7 Å². The van der Waals surface area contributed by atoms with Crippen LogP contribution in [0.1, 0.15) is 33.6 Å². The van der Waals surface area contributed by atoms with Gasteiger partial charge in [-0.2, -0.15) is 18.3 Å². The van der Waals surface area contributed by atoms with Gasteiger partial charge in [-0.1, -0.05) is 6.07 Å². The third kappa shape index (κ3) is 3.09. The average molecular weight is 323 g/mol. The highest BCUT2D eigenvalue weighted by molar-refractivity contribution is 5.94. The third-order valence-electron chi connectivity index (χ3n) is 4.07. The summed E-state index contributed by atoms with van der Waals surface area (Å²) in [6.07, 6.45) is -1.17. The van der Waals surface area contributed by atoms with Gasteiger partial charge in [0.05, 0.1) is 11.8 Å². The second-order valence-corrected chi connectivity index (χ2v) is 5.65. The van der Waals surface area contributed by atoms with Crippen LogP contribution < -0.4 is 0 Å². The van der Waals surface area contributed by atoms with E-state index >= 15 is 0 Å². The van der Waals surface area contributed by atoms with Crippen LogP contribution in [0.3, 0.4) is 0 Å². The second kappa shape index (κ2) is 5.72. The Labute approximate surface area is 131 Å². The Kier molecular flexibility index (Phi) is 3.87. The lowest BCUT2D eigenvalue weighted by atomic mass is 10.1. The number of carbonyl (C=O) groups is 1. The lowest BCUT2D eigenvalue weighted by Crippen LogP contribution is -2.30. The van der Waals surface area contributed by atoms with E-state index in [1.165, 1.54) is 12.1 Å². The van der Waals surface area contributed by atoms with Crippen LogP contribution in [-0.4, -0.2) is 27.1 Å². The minimum atomic E-state index is -4.45. The lowest BCUT2D eigenvalue weighted by Gasteiger charge is -2.21. The molecule has 2 aromatic rings. The largest absolute Gasteiger partial charge is 0.416 e. The monoisotopic (exact) mass is 323 g/mol. The zero-order valence-corrected chi connectivity index (χ0v) is 12.6. The number of nitrogens with zero attached hydrogens (tertiary/aromatic N) is 3. The molecule has 3 rings (SSSR count). The highest BCUT2D eigenvalue weighted by Crippen LogP contribution is 2.30. The molecule has 122 valence electrons. The van der Waals surface area contributed by atoms with Gasteiger partial charge in [0.1, 0.15) is 0 Å². The van der Waals surface area contributed by atoms with Crippen molar-refractivity contribution in [3.63, 3.8) is 0 Å². The molecule has 4 nitrogen and oxygen atoms in total. The van der Waals surface area contributed by atoms with E-state index in [1.54, 1.807) is 15.8 Å². The Hall–Kier alpha value is -2.31. The molecular formula is C16H16F3N3O. The normalized spacial score (nSPS) is 15.2. The number of fused-ring (bicyclic) bond motifs is 1. The Bertz CT molecular complexity index is 736. The van der Waals surface area contributed by atoms with Crippen molar-refractivity contribution in [2.75, 3.05) is 6.54 Å². The lowest BCUT2D eigenvalue weighted by molar-refractivity contribution is -0.137. The number of hydrogen-bond donors (Lipinski definition) is 0. The van der Waals surface area contributed by atoms with Crippen molar-refractivity contribution >= 4 is 5.91 Å². The second-order valence-electron chi connectivity index (χ2n) is 5.65. The number of amides is 1. The average Bonchev–Trinajstić information content (AvgIpc) is 2.74. The standard InChI is InChI=1S/C16H16F3N3O/c1-21-14-6-3-7-22(10-12(14)9-20-21)15(23)11-4-2-5-13(8-11)16(17,18)19/h2,4-5,8-9H,3,6-7,10H2,1H3. The number of rotatable bonds is 1. The molecule has 2 heterocycles. The fourth-order valence-electron chi connectivity index (χ4n) is 2.87. The van der Waals surface area contributed by atoms with E-state index in [1.807, 2.05) is 7.05 Å². The van der Waals surface area contributed by atoms with Gasteiger partial charge in [-0.25, -0.2) is 0 Å². The molecule has 0 atom stereocenters. The highest BCUT2D eigenvalue weighted by atomic mass is 19.4. The first-order valence-corrected chi connectivity index (χ1v) is 7.32. The van der Waals surface area contributed by atoms with Crippen LogP contribution in [0.25, 0.3) is 0 Å². The van der Waals surface area contributed by atoms with E-state index < -0.39 is 11.7 Å². The molecule has 0 spiro atoms. The summed E-state index contributed by atoms with van der Waals surface area (Å²) in [4.78, 5) is 14.2. The number of hydrogen-bond acceptors (Lipinski definition) is 2. The topological polar surface area (TPSA) is 38.1 Å². The van der Waals surface area contributed by atoms with Gasteiger partial charge in [0.2, 0.25) is 0 Å². The Balaban J connectivity index is 1.86. The minimum absolute atomic E-state index is 0.0622. The molecule has 0 aliphatic carbocycles. The molecular weight excluding hydrogens is 307 g/mol. The van der Waals surface area contributed by atoms with Crippen LogP contribution in [0.4, 0.5) is 13.2 Å². The fraction of sp³-hybridized carbons (Fsp3) is 0.375. The molecule has 0 N–H and O–H groups in total. The first kappa shape index (κ1) is 15.6. The van der Waals surface area contributed by atoms with E-state index in [9.17, 15) is 18.0 Å². The summed E-state index contributed by atoms with van der Waals surface area (Å²) >= 11 is 0. The number of aryl methyl sites for hydroxylation is 1. The summed E-state index contributed by atoms with van der Waals surface area (Å²) in [6.45, 7) is 0.891. The van der Waals surface area contributed by atoms with E-state index in [2.05, 4.69) is 5.10 Å². The zero-order valence-electron chi connectivity index (χ0n) is 12.6. The first-order chi connectivity index (χ1) is 10.9. The molecule has 1 aliphatic rings. The van der Waals surface area contributed by atoms with Crippen LogP contribution in [0.5, 0.6) is 0 Å². The van der Waals surface area contributed by atoms with Crippen LogP contribution in [0.2, 0.25) is 0 Å². The predicted octanol–water partition coefficient (Wildman–Crippen LogP) is 3.03. The maximum absolute atomic E-state index is 12.8. The highest BCUT2D eigenvalue weighted by Gasteiger charge is 2.31. The van der Waals surface area contributed by atoms with Gasteiger partial charge in [0, 0.05) is 37.0 Å². The van der Waals surface area contributed by atoms with Crippen molar-refractivity contribution in [1.29, 1.82) is 0 Å². The van der Waals surface area contributed by atoms with Crippen LogP contribution in [0, 0.1) is 0 Å². The number of halogens is 3. The molecule has 0 saturated carbocycles. The van der Waals surface area contributed by atoms with Gasteiger partial charge in [0.25, 0.3) is 5.91 Å². The molecule has 0 saturated heterocycles. The van der Waals surface area contributed by atoms with Crippen LogP contribution >= 0.6 is 0 Å². The molecule has 0 fully saturated rings. The van der Waals surface area contributed by atoms with E-state index in [0.29, 0.717) is 13.1 Å². The third-order valence-corrected chi connectivity index (χ3v) is 4.07. The van der Waals surface area contributed by atoms with Gasteiger partial charge in [-0.05, 0) is 31.0 Å². The summed E-state index contributed by atoms with van der Waals surface area (Å²) in [5, 5.41) is 4.18. The SMILES string of the molecule is Cn1ncc2c1CCCN(C(=O)c1cccc(C(F)(F)F)c1)C2. The van der Waals surface area contributed by atoms with E-state index in [4.69, 9.17) is 0 Å². The number of alkyl halides is 3. The van der Waals surface area contributed by atoms with Gasteiger partial charge in [0.15, 0.2) is 0 Å². The summed E-state index contributed by atoms with van der Waals surface area (Å²) in [5.74, 6) is -0.382. The van der Waals surface area contributed by atoms with Crippen molar-refractivity contribution in [3.8, 4) is 0 Å². The summed E-state index contributed by atoms with van der Waals surface area (Å²) in [7, 11) is 1.85. The fourth-order valence-corrected chi connectivity index (χ4v) is 2.87. The number of benzene rings is 1. The molecule has 1 aromatic carbocycles. The Morgan fingerprint density at radius 3 is 2.83 bits per heavy atom. The summed E-state index contributed by atoms with van der Waals surface area (Å²) in [6, 6.07) is 4.58. The predicted molar refractivity (Wildman–Crippen MR) is 77.7 cm³/mol. The van der Waals surface area contributed by atoms with E-state index in [-0.39, 0.29) is 11.5 Å². The maximum atomic E-state index is 12.8. The molecule has 0 bridgehead atoms. The molecule has 1 aromatic heterocycles. The van der Waals surface area contributed by atoms with Gasteiger partial charge >= 0.3 is 6.18 Å². The van der Waals surface area contributed by atoms with Gasteiger partial charge in [-0.15, -0.1) is 0 Å². The van der Waals surface area contributed by atoms with Crippen LogP contribution in [-0.2, 0) is 26.2 Å². The molecule has 1 aliphatic heterocycles. The molecule has 23 heavy (non-hydrogen) atoms. The van der Waals surface area contributed by atoms with Crippen molar-refractivity contribution in [2.45, 2.75) is 25.6 Å². The quantitative estimate of drug-likeness (QED) is 0.809. The first-order valence-electron chi connectivity index (χ1n) is 7.32. The number of carbonyl (C=O) groups excluding carboxylic acids is 1. The summed E-state index contributed by atoms with van der Waals surface area (Å²) < 4.78 is 40.2. The zero-order chi connectivity index (χ0) is 16.6. The number of aromatic nitrogens is 2. The summed E-state index contributed by atoms with van der Waals surface area (Å²) in [5.41, 5.74) is 1.28. The van der Waals surface area contributed by atoms with Crippen LogP contribution in [0.15, 0.2) is 30.5 Å². The molecule has 0 radical (unpaired) electrons. The smallest absolute Gasteiger partial charge is 0.334 e. The van der Waals surface area contributed by atoms with Gasteiger partial charge in [-0.3, -0.25) is 9.48 Å². The Morgan fingerprint density at radius 2 is 2.09 bits per heavy atom. The minimum Gasteiger partial charge on any atom is -0.334 e. The molecule has 7 heteroatoms. The molecule has 1 amide bonds. The van der Waals surface area contributed by atoms with Crippen molar-refractivity contribution in [3.05, 3.63) is 52.8 Å². The van der Waals surface area contributed by atoms with E-state index in [0.717, 1.165) is 36.2 Å². The molecule has 0 unspecified atom stereocenters. The maximum Gasteiger partial charge on any atom is 0.416 e. The van der Waals surface area contributed by atoms with Crippen molar-refractivity contribution in [2.24, 2.45) is 7.05 Å².